The van der Waals surface area contributed by atoms with Crippen LogP contribution in [0.4, 0.5) is 0 Å². The molecule has 74 valence electrons. The first-order chi connectivity index (χ1) is 6.72. The second kappa shape index (κ2) is 3.71. The van der Waals surface area contributed by atoms with Gasteiger partial charge in [0.05, 0.1) is 18.0 Å². The zero-order valence-corrected chi connectivity index (χ0v) is 9.40. The highest BCUT2D eigenvalue weighted by atomic mass is 79.9. The molecule has 0 unspecified atom stereocenters. The number of pyridine rings is 1. The topological polar surface area (TPSA) is 37.5 Å². The van der Waals surface area contributed by atoms with Crippen molar-refractivity contribution in [3.63, 3.8) is 0 Å². The predicted octanol–water partition coefficient (Wildman–Crippen LogP) is 2.54. The molecule has 0 saturated heterocycles. The summed E-state index contributed by atoms with van der Waals surface area (Å²) < 4.78 is 2.88. The lowest BCUT2D eigenvalue weighted by molar-refractivity contribution is 0.168. The van der Waals surface area contributed by atoms with E-state index in [0.717, 1.165) is 15.8 Å². The molecular formula is C10H11BrN2O. The van der Waals surface area contributed by atoms with Crippen molar-refractivity contribution >= 4 is 21.6 Å². The first-order valence-corrected chi connectivity index (χ1v) is 5.32. The van der Waals surface area contributed by atoms with Gasteiger partial charge in [-0.1, -0.05) is 6.92 Å². The maximum Gasteiger partial charge on any atom is 0.137 e. The van der Waals surface area contributed by atoms with Crippen molar-refractivity contribution < 1.29 is 5.11 Å². The van der Waals surface area contributed by atoms with E-state index in [1.54, 1.807) is 6.20 Å². The number of hydrogen-bond acceptors (Lipinski definition) is 2. The molecule has 2 aromatic heterocycles. The second-order valence-corrected chi connectivity index (χ2v) is 4.10. The molecular weight excluding hydrogens is 244 g/mol. The van der Waals surface area contributed by atoms with Gasteiger partial charge in [-0.25, -0.2) is 4.98 Å². The fourth-order valence-corrected chi connectivity index (χ4v) is 1.77. The lowest BCUT2D eigenvalue weighted by Gasteiger charge is -2.07. The largest absolute Gasteiger partial charge is 0.387 e. The quantitative estimate of drug-likeness (QED) is 0.895. The van der Waals surface area contributed by atoms with Gasteiger partial charge in [0, 0.05) is 10.7 Å². The molecule has 1 N–H and O–H groups in total. The zero-order valence-electron chi connectivity index (χ0n) is 7.81. The molecule has 0 aromatic carbocycles. The lowest BCUT2D eigenvalue weighted by atomic mass is 10.2. The van der Waals surface area contributed by atoms with E-state index >= 15 is 0 Å². The summed E-state index contributed by atoms with van der Waals surface area (Å²) in [6.07, 6.45) is 3.88. The number of nitrogens with zero attached hydrogens (tertiary/aromatic N) is 2. The summed E-state index contributed by atoms with van der Waals surface area (Å²) in [6.45, 7) is 1.95. The Balaban J connectivity index is 2.61. The summed E-state index contributed by atoms with van der Waals surface area (Å²) in [5, 5.41) is 9.73. The van der Waals surface area contributed by atoms with Crippen LogP contribution in [-0.2, 0) is 0 Å². The van der Waals surface area contributed by atoms with E-state index in [-0.39, 0.29) is 0 Å². The molecule has 14 heavy (non-hydrogen) atoms. The van der Waals surface area contributed by atoms with Crippen molar-refractivity contribution in [2.45, 2.75) is 19.4 Å². The van der Waals surface area contributed by atoms with Crippen LogP contribution in [0.3, 0.4) is 0 Å². The predicted molar refractivity (Wildman–Crippen MR) is 58.1 cm³/mol. The molecule has 0 spiro atoms. The molecule has 0 amide bonds. The van der Waals surface area contributed by atoms with E-state index in [1.807, 2.05) is 29.7 Å². The Bertz CT molecular complexity index is 452. The fraction of sp³-hybridized carbons (Fsp3) is 0.300. The number of aliphatic hydroxyl groups excluding tert-OH is 1. The highest BCUT2D eigenvalue weighted by Crippen LogP contribution is 2.20. The van der Waals surface area contributed by atoms with Crippen LogP contribution >= 0.6 is 15.9 Å². The molecule has 4 heteroatoms. The lowest BCUT2D eigenvalue weighted by Crippen LogP contribution is -1.99. The Hall–Kier alpha value is -0.870. The van der Waals surface area contributed by atoms with Crippen LogP contribution in [0.5, 0.6) is 0 Å². The molecule has 1 atom stereocenters. The van der Waals surface area contributed by atoms with Crippen LogP contribution in [0, 0.1) is 0 Å². The highest BCUT2D eigenvalue weighted by Gasteiger charge is 2.10. The van der Waals surface area contributed by atoms with E-state index in [1.165, 1.54) is 0 Å². The minimum Gasteiger partial charge on any atom is -0.387 e. The summed E-state index contributed by atoms with van der Waals surface area (Å²) >= 11 is 3.39. The first-order valence-electron chi connectivity index (χ1n) is 4.53. The van der Waals surface area contributed by atoms with Crippen LogP contribution in [0.15, 0.2) is 29.0 Å². The van der Waals surface area contributed by atoms with Gasteiger partial charge < -0.3 is 9.51 Å². The first kappa shape index (κ1) is 9.68. The standard InChI is InChI=1S/C10H11BrN2O/c1-2-9(14)8-5-12-10-4-3-7(11)6-13(8)10/h3-6,9,14H,2H2,1H3/t9-/m1/s1. The van der Waals surface area contributed by atoms with Gasteiger partial charge in [0.15, 0.2) is 0 Å². The van der Waals surface area contributed by atoms with Gasteiger partial charge in [-0.2, -0.15) is 0 Å². The third-order valence-corrected chi connectivity index (χ3v) is 2.70. The number of hydrogen-bond donors (Lipinski definition) is 1. The highest BCUT2D eigenvalue weighted by molar-refractivity contribution is 9.10. The summed E-state index contributed by atoms with van der Waals surface area (Å²) in [6, 6.07) is 3.85. The van der Waals surface area contributed by atoms with Crippen molar-refractivity contribution in [1.29, 1.82) is 0 Å². The van der Waals surface area contributed by atoms with Gasteiger partial charge in [-0.05, 0) is 34.5 Å². The summed E-state index contributed by atoms with van der Waals surface area (Å²) in [5.74, 6) is 0. The van der Waals surface area contributed by atoms with Crippen LogP contribution in [0.1, 0.15) is 25.1 Å². The van der Waals surface area contributed by atoms with E-state index in [4.69, 9.17) is 0 Å². The molecule has 0 aliphatic carbocycles. The Labute approximate surface area is 90.5 Å². The SMILES string of the molecule is CC[C@@H](O)c1cnc2ccc(Br)cn12. The zero-order chi connectivity index (χ0) is 10.1. The van der Waals surface area contributed by atoms with Gasteiger partial charge >= 0.3 is 0 Å². The maximum absolute atomic E-state index is 9.73. The average molecular weight is 255 g/mol. The Morgan fingerprint density at radius 3 is 3.07 bits per heavy atom. The van der Waals surface area contributed by atoms with Crippen molar-refractivity contribution in [3.8, 4) is 0 Å². The van der Waals surface area contributed by atoms with Crippen molar-refractivity contribution in [1.82, 2.24) is 9.38 Å². The third-order valence-electron chi connectivity index (χ3n) is 2.23. The molecule has 0 bridgehead atoms. The number of aromatic nitrogens is 2. The van der Waals surface area contributed by atoms with E-state index < -0.39 is 6.10 Å². The molecule has 0 radical (unpaired) electrons. The average Bonchev–Trinajstić information content (AvgIpc) is 2.59. The van der Waals surface area contributed by atoms with Crippen molar-refractivity contribution in [2.75, 3.05) is 0 Å². The number of fused-ring (bicyclic) bond motifs is 1. The van der Waals surface area contributed by atoms with Gasteiger partial charge in [0.1, 0.15) is 5.65 Å². The molecule has 2 rings (SSSR count). The minimum atomic E-state index is -0.445. The smallest absolute Gasteiger partial charge is 0.137 e. The molecule has 0 fully saturated rings. The van der Waals surface area contributed by atoms with Gasteiger partial charge in [0.25, 0.3) is 0 Å². The summed E-state index contributed by atoms with van der Waals surface area (Å²) in [4.78, 5) is 4.21. The Kier molecular flexibility index (Phi) is 2.56. The van der Waals surface area contributed by atoms with Gasteiger partial charge in [0.2, 0.25) is 0 Å². The van der Waals surface area contributed by atoms with Crippen molar-refractivity contribution in [2.24, 2.45) is 0 Å². The number of rotatable bonds is 2. The normalized spacial score (nSPS) is 13.4. The molecule has 0 aliphatic rings. The van der Waals surface area contributed by atoms with Gasteiger partial charge in [-0.3, -0.25) is 0 Å². The molecule has 3 nitrogen and oxygen atoms in total. The third kappa shape index (κ3) is 1.55. The van der Waals surface area contributed by atoms with E-state index in [9.17, 15) is 5.11 Å². The monoisotopic (exact) mass is 254 g/mol. The molecule has 0 saturated carbocycles. The van der Waals surface area contributed by atoms with Crippen LogP contribution in [0.25, 0.3) is 5.65 Å². The molecule has 0 aliphatic heterocycles. The van der Waals surface area contributed by atoms with Gasteiger partial charge in [-0.15, -0.1) is 0 Å². The minimum absolute atomic E-state index is 0.445. The van der Waals surface area contributed by atoms with E-state index in [2.05, 4.69) is 20.9 Å². The number of imidazole rings is 1. The van der Waals surface area contributed by atoms with E-state index in [0.29, 0.717) is 6.42 Å². The van der Waals surface area contributed by atoms with Crippen LogP contribution < -0.4 is 0 Å². The molecule has 2 aromatic rings. The second-order valence-electron chi connectivity index (χ2n) is 3.18. The number of halogens is 1. The fourth-order valence-electron chi connectivity index (χ4n) is 1.43. The molecule has 2 heterocycles. The Morgan fingerprint density at radius 1 is 1.57 bits per heavy atom. The van der Waals surface area contributed by atoms with Crippen LogP contribution in [0.2, 0.25) is 0 Å². The Morgan fingerprint density at radius 2 is 2.36 bits per heavy atom. The maximum atomic E-state index is 9.73. The number of aliphatic hydroxyl groups is 1. The summed E-state index contributed by atoms with van der Waals surface area (Å²) in [5.41, 5.74) is 1.69. The van der Waals surface area contributed by atoms with Crippen molar-refractivity contribution in [3.05, 3.63) is 34.7 Å². The summed E-state index contributed by atoms with van der Waals surface area (Å²) in [7, 11) is 0. The van der Waals surface area contributed by atoms with Crippen LogP contribution in [-0.4, -0.2) is 14.5 Å².